The number of ether oxygens (including phenoxy) is 2. The van der Waals surface area contributed by atoms with E-state index in [0.29, 0.717) is 17.1 Å². The summed E-state index contributed by atoms with van der Waals surface area (Å²) in [5, 5.41) is 2.44. The molecule has 0 aromatic heterocycles. The second-order valence-corrected chi connectivity index (χ2v) is 7.62. The van der Waals surface area contributed by atoms with E-state index < -0.39 is 17.9 Å². The summed E-state index contributed by atoms with van der Waals surface area (Å²) in [5.74, 6) is -1.16. The first-order chi connectivity index (χ1) is 14.1. The largest absolute Gasteiger partial charge is 0.454 e. The van der Waals surface area contributed by atoms with E-state index in [4.69, 9.17) is 9.47 Å². The molecule has 4 aliphatic heterocycles. The zero-order chi connectivity index (χ0) is 19.7. The number of amides is 2. The number of hydrogen-bond acceptors (Lipinski definition) is 6. The summed E-state index contributed by atoms with van der Waals surface area (Å²) < 4.78 is 10.7. The van der Waals surface area contributed by atoms with Gasteiger partial charge in [0.2, 0.25) is 18.6 Å². The van der Waals surface area contributed by atoms with Crippen molar-refractivity contribution >= 4 is 23.7 Å². The Morgan fingerprint density at radius 3 is 2.69 bits per heavy atom. The maximum atomic E-state index is 13.5. The first-order valence-corrected chi connectivity index (χ1v) is 9.46. The van der Waals surface area contributed by atoms with Crippen molar-refractivity contribution in [1.29, 1.82) is 0 Å². The summed E-state index contributed by atoms with van der Waals surface area (Å²) in [6, 6.07) is 11.7. The Balaban J connectivity index is 1.47. The van der Waals surface area contributed by atoms with Crippen LogP contribution in [-0.2, 0) is 9.59 Å². The lowest BCUT2D eigenvalue weighted by Gasteiger charge is -2.34. The fourth-order valence-corrected chi connectivity index (χ4v) is 4.99. The average molecular weight is 388 g/mol. The molecular weight excluding hydrogens is 372 g/mol. The lowest BCUT2D eigenvalue weighted by molar-refractivity contribution is -0.127. The molecule has 29 heavy (non-hydrogen) atoms. The predicted molar refractivity (Wildman–Crippen MR) is 101 cm³/mol. The van der Waals surface area contributed by atoms with Crippen LogP contribution >= 0.6 is 0 Å². The Morgan fingerprint density at radius 1 is 1.00 bits per heavy atom. The predicted octanol–water partition coefficient (Wildman–Crippen LogP) is 1.90. The molecule has 0 aliphatic carbocycles. The SMILES string of the molecule is O=C1NC(=O)[C@@H]2[C@@H]1[C@@H](C(=O)c1ccc3c(c1)OCO3)N1C=Cc3ccccc3[C@@H]21. The molecule has 2 aromatic carbocycles. The third-order valence-electron chi connectivity index (χ3n) is 6.23. The molecule has 2 saturated heterocycles. The monoisotopic (exact) mass is 388 g/mol. The van der Waals surface area contributed by atoms with E-state index in [1.807, 2.05) is 41.4 Å². The lowest BCUT2D eigenvalue weighted by Crippen LogP contribution is -2.42. The quantitative estimate of drug-likeness (QED) is 0.625. The van der Waals surface area contributed by atoms with E-state index >= 15 is 0 Å². The summed E-state index contributed by atoms with van der Waals surface area (Å²) in [6.07, 6.45) is 3.76. The van der Waals surface area contributed by atoms with Crippen LogP contribution in [0.1, 0.15) is 27.5 Å². The van der Waals surface area contributed by atoms with Gasteiger partial charge in [-0.1, -0.05) is 24.3 Å². The first kappa shape index (κ1) is 16.4. The lowest BCUT2D eigenvalue weighted by atomic mass is 9.83. The van der Waals surface area contributed by atoms with E-state index in [0.717, 1.165) is 11.1 Å². The third-order valence-corrected chi connectivity index (χ3v) is 6.23. The molecule has 0 radical (unpaired) electrons. The number of hydrogen-bond donors (Lipinski definition) is 1. The Labute approximate surface area is 165 Å². The fourth-order valence-electron chi connectivity index (χ4n) is 4.99. The molecular formula is C22H16N2O5. The molecule has 2 aromatic rings. The maximum absolute atomic E-state index is 13.5. The van der Waals surface area contributed by atoms with Crippen LogP contribution in [0.25, 0.3) is 6.08 Å². The maximum Gasteiger partial charge on any atom is 0.233 e. The molecule has 4 aliphatic rings. The highest BCUT2D eigenvalue weighted by atomic mass is 16.7. The number of nitrogens with one attached hydrogen (secondary N) is 1. The Hall–Kier alpha value is -3.61. The fraction of sp³-hybridized carbons (Fsp3) is 0.227. The van der Waals surface area contributed by atoms with Crippen molar-refractivity contribution in [3.8, 4) is 11.5 Å². The second kappa shape index (κ2) is 5.70. The summed E-state index contributed by atoms with van der Waals surface area (Å²) in [5.41, 5.74) is 2.38. The van der Waals surface area contributed by atoms with Crippen LogP contribution in [0.4, 0.5) is 0 Å². The van der Waals surface area contributed by atoms with Crippen LogP contribution in [0.2, 0.25) is 0 Å². The molecule has 0 unspecified atom stereocenters. The Morgan fingerprint density at radius 2 is 1.79 bits per heavy atom. The molecule has 7 nitrogen and oxygen atoms in total. The number of nitrogens with zero attached hydrogens (tertiary/aromatic N) is 1. The highest BCUT2D eigenvalue weighted by Gasteiger charge is 2.61. The molecule has 0 saturated carbocycles. The van der Waals surface area contributed by atoms with Gasteiger partial charge in [0, 0.05) is 11.8 Å². The van der Waals surface area contributed by atoms with E-state index in [2.05, 4.69) is 5.32 Å². The molecule has 6 rings (SSSR count). The smallest absolute Gasteiger partial charge is 0.233 e. The van der Waals surface area contributed by atoms with Crippen molar-refractivity contribution in [2.45, 2.75) is 12.1 Å². The second-order valence-electron chi connectivity index (χ2n) is 7.62. The van der Waals surface area contributed by atoms with Crippen LogP contribution in [-0.4, -0.2) is 35.3 Å². The minimum Gasteiger partial charge on any atom is -0.454 e. The highest BCUT2D eigenvalue weighted by Crippen LogP contribution is 2.51. The van der Waals surface area contributed by atoms with Crippen LogP contribution < -0.4 is 14.8 Å². The van der Waals surface area contributed by atoms with E-state index in [1.54, 1.807) is 18.2 Å². The molecule has 7 heteroatoms. The number of imide groups is 1. The summed E-state index contributed by atoms with van der Waals surface area (Å²) in [6.45, 7) is 0.117. The van der Waals surface area contributed by atoms with Gasteiger partial charge in [-0.25, -0.2) is 0 Å². The van der Waals surface area contributed by atoms with Crippen LogP contribution in [0, 0.1) is 11.8 Å². The van der Waals surface area contributed by atoms with Crippen molar-refractivity contribution < 1.29 is 23.9 Å². The van der Waals surface area contributed by atoms with Gasteiger partial charge >= 0.3 is 0 Å². The standard InChI is InChI=1S/C22H16N2O5/c25-20(12-5-6-14-15(9-12)29-10-28-14)19-17-16(21(26)23-22(17)27)18-13-4-2-1-3-11(13)7-8-24(18)19/h1-9,16-19H,10H2,(H,23,26,27)/t16-,17-,18+,19+/m1/s1. The van der Waals surface area contributed by atoms with Crippen LogP contribution in [0.3, 0.4) is 0 Å². The summed E-state index contributed by atoms with van der Waals surface area (Å²) in [7, 11) is 0. The minimum atomic E-state index is -0.763. The van der Waals surface area contributed by atoms with Crippen molar-refractivity contribution in [2.75, 3.05) is 6.79 Å². The van der Waals surface area contributed by atoms with E-state index in [9.17, 15) is 14.4 Å². The van der Waals surface area contributed by atoms with Crippen molar-refractivity contribution in [3.63, 3.8) is 0 Å². The number of carbonyl (C=O) groups excluding carboxylic acids is 3. The van der Waals surface area contributed by atoms with Gasteiger partial charge in [0.15, 0.2) is 17.3 Å². The number of ketones is 1. The van der Waals surface area contributed by atoms with E-state index in [1.165, 1.54) is 0 Å². The van der Waals surface area contributed by atoms with Crippen LogP contribution in [0.15, 0.2) is 48.7 Å². The van der Waals surface area contributed by atoms with Crippen molar-refractivity contribution in [2.24, 2.45) is 11.8 Å². The third kappa shape index (κ3) is 2.15. The minimum absolute atomic E-state index is 0.117. The number of benzene rings is 2. The van der Waals surface area contributed by atoms with Gasteiger partial charge in [-0.2, -0.15) is 0 Å². The van der Waals surface area contributed by atoms with Gasteiger partial charge in [-0.3, -0.25) is 19.7 Å². The van der Waals surface area contributed by atoms with Gasteiger partial charge in [-0.05, 0) is 35.4 Å². The number of carbonyl (C=O) groups is 3. The van der Waals surface area contributed by atoms with Gasteiger partial charge in [0.05, 0.1) is 17.9 Å². The molecule has 144 valence electrons. The molecule has 0 spiro atoms. The zero-order valence-corrected chi connectivity index (χ0v) is 15.2. The van der Waals surface area contributed by atoms with Gasteiger partial charge in [-0.15, -0.1) is 0 Å². The number of Topliss-reactive ketones (excluding diaryl/α,β-unsaturated/α-hetero) is 1. The van der Waals surface area contributed by atoms with E-state index in [-0.39, 0.29) is 30.4 Å². The number of fused-ring (bicyclic) bond motifs is 6. The average Bonchev–Trinajstić information content (AvgIpc) is 3.41. The number of rotatable bonds is 2. The molecule has 2 amide bonds. The first-order valence-electron chi connectivity index (χ1n) is 9.46. The topological polar surface area (TPSA) is 84.9 Å². The zero-order valence-electron chi connectivity index (χ0n) is 15.2. The normalized spacial score (nSPS) is 28.1. The molecule has 4 heterocycles. The molecule has 0 bridgehead atoms. The van der Waals surface area contributed by atoms with Gasteiger partial charge in [0.1, 0.15) is 6.04 Å². The molecule has 1 N–H and O–H groups in total. The van der Waals surface area contributed by atoms with Crippen molar-refractivity contribution in [3.05, 3.63) is 65.4 Å². The van der Waals surface area contributed by atoms with Gasteiger partial charge in [0.25, 0.3) is 0 Å². The molecule has 4 atom stereocenters. The summed E-state index contributed by atoms with van der Waals surface area (Å²) in [4.78, 5) is 40.8. The summed E-state index contributed by atoms with van der Waals surface area (Å²) >= 11 is 0. The highest BCUT2D eigenvalue weighted by molar-refractivity contribution is 6.12. The van der Waals surface area contributed by atoms with Crippen molar-refractivity contribution in [1.82, 2.24) is 10.2 Å². The van der Waals surface area contributed by atoms with Gasteiger partial charge < -0.3 is 14.4 Å². The van der Waals surface area contributed by atoms with Crippen LogP contribution in [0.5, 0.6) is 11.5 Å². The molecule has 2 fully saturated rings. The Bertz CT molecular complexity index is 1120. The Kier molecular flexibility index (Phi) is 3.21.